The van der Waals surface area contributed by atoms with Crippen LogP contribution in [-0.4, -0.2) is 20.2 Å². The molecule has 0 spiro atoms. The fraction of sp³-hybridized carbons (Fsp3) is 0. The van der Waals surface area contributed by atoms with Crippen molar-refractivity contribution in [3.8, 4) is 11.3 Å². The third-order valence-electron chi connectivity index (χ3n) is 2.47. The molecular formula is C11H5Cl2FN4. The fourth-order valence-electron chi connectivity index (χ4n) is 1.69. The summed E-state index contributed by atoms with van der Waals surface area (Å²) in [7, 11) is 0. The van der Waals surface area contributed by atoms with Crippen LogP contribution in [0.15, 0.2) is 24.4 Å². The molecule has 0 saturated carbocycles. The number of rotatable bonds is 1. The number of benzene rings is 1. The van der Waals surface area contributed by atoms with Gasteiger partial charge in [-0.2, -0.15) is 10.1 Å². The van der Waals surface area contributed by atoms with Crippen LogP contribution in [0.2, 0.25) is 10.3 Å². The van der Waals surface area contributed by atoms with Gasteiger partial charge in [0.1, 0.15) is 5.82 Å². The van der Waals surface area contributed by atoms with Crippen molar-refractivity contribution in [2.45, 2.75) is 0 Å². The number of fused-ring (bicyclic) bond motifs is 1. The summed E-state index contributed by atoms with van der Waals surface area (Å²) in [6.45, 7) is 0. The second kappa shape index (κ2) is 4.19. The summed E-state index contributed by atoms with van der Waals surface area (Å²) in [6, 6.07) is 4.07. The number of nitrogens with one attached hydrogen (secondary N) is 1. The van der Waals surface area contributed by atoms with Crippen LogP contribution >= 0.6 is 23.2 Å². The highest BCUT2D eigenvalue weighted by Gasteiger charge is 2.13. The predicted octanol–water partition coefficient (Wildman–Crippen LogP) is 3.47. The van der Waals surface area contributed by atoms with E-state index in [0.717, 1.165) is 0 Å². The Bertz CT molecular complexity index is 741. The fourth-order valence-corrected chi connectivity index (χ4v) is 2.12. The first-order valence-electron chi connectivity index (χ1n) is 4.97. The molecule has 0 radical (unpaired) electrons. The van der Waals surface area contributed by atoms with E-state index in [1.807, 2.05) is 0 Å². The maximum Gasteiger partial charge on any atom is 0.224 e. The van der Waals surface area contributed by atoms with Crippen molar-refractivity contribution >= 4 is 34.2 Å². The molecule has 0 aliphatic rings. The number of aromatic amines is 1. The van der Waals surface area contributed by atoms with Crippen molar-refractivity contribution < 1.29 is 4.39 Å². The summed E-state index contributed by atoms with van der Waals surface area (Å²) >= 11 is 11.8. The lowest BCUT2D eigenvalue weighted by Crippen LogP contribution is -1.91. The molecular weight excluding hydrogens is 278 g/mol. The van der Waals surface area contributed by atoms with Crippen LogP contribution < -0.4 is 0 Å². The first kappa shape index (κ1) is 11.4. The molecule has 0 saturated heterocycles. The zero-order valence-corrected chi connectivity index (χ0v) is 10.3. The normalized spacial score (nSPS) is 11.1. The summed E-state index contributed by atoms with van der Waals surface area (Å²) in [5.74, 6) is -0.410. The Morgan fingerprint density at radius 1 is 1.17 bits per heavy atom. The van der Waals surface area contributed by atoms with Crippen LogP contribution in [0.4, 0.5) is 4.39 Å². The Morgan fingerprint density at radius 2 is 2.00 bits per heavy atom. The van der Waals surface area contributed by atoms with Gasteiger partial charge in [0.05, 0.1) is 22.3 Å². The second-order valence-electron chi connectivity index (χ2n) is 3.60. The zero-order chi connectivity index (χ0) is 12.7. The van der Waals surface area contributed by atoms with E-state index in [1.54, 1.807) is 12.3 Å². The van der Waals surface area contributed by atoms with Crippen molar-refractivity contribution in [2.75, 3.05) is 0 Å². The molecule has 1 N–H and O–H groups in total. The van der Waals surface area contributed by atoms with Crippen molar-refractivity contribution in [3.05, 3.63) is 40.5 Å². The first-order valence-corrected chi connectivity index (χ1v) is 5.73. The number of nitrogens with zero attached hydrogens (tertiary/aromatic N) is 3. The Labute approximate surface area is 111 Å². The average Bonchev–Trinajstić information content (AvgIpc) is 2.76. The van der Waals surface area contributed by atoms with Gasteiger partial charge in [0.25, 0.3) is 0 Å². The molecule has 1 aromatic carbocycles. The van der Waals surface area contributed by atoms with E-state index < -0.39 is 5.82 Å². The smallest absolute Gasteiger partial charge is 0.224 e. The van der Waals surface area contributed by atoms with Gasteiger partial charge in [-0.25, -0.2) is 9.37 Å². The Hall–Kier alpha value is -1.72. The minimum absolute atomic E-state index is 0.0714. The highest BCUT2D eigenvalue weighted by atomic mass is 35.5. The molecule has 0 atom stereocenters. The van der Waals surface area contributed by atoms with E-state index >= 15 is 0 Å². The molecule has 0 aliphatic heterocycles. The van der Waals surface area contributed by atoms with Crippen LogP contribution in [0.25, 0.3) is 22.3 Å². The third-order valence-corrected chi connectivity index (χ3v) is 2.95. The quantitative estimate of drug-likeness (QED) is 0.696. The molecule has 0 bridgehead atoms. The summed E-state index contributed by atoms with van der Waals surface area (Å²) in [5, 5.41) is 7.57. The number of hydrogen-bond donors (Lipinski definition) is 1. The zero-order valence-electron chi connectivity index (χ0n) is 8.78. The highest BCUT2D eigenvalue weighted by Crippen LogP contribution is 2.31. The van der Waals surface area contributed by atoms with Gasteiger partial charge in [0.15, 0.2) is 5.65 Å². The molecule has 0 aliphatic carbocycles. The minimum atomic E-state index is -0.410. The first-order chi connectivity index (χ1) is 8.65. The Balaban J connectivity index is 2.33. The number of hydrogen-bond acceptors (Lipinski definition) is 3. The van der Waals surface area contributed by atoms with E-state index in [2.05, 4.69) is 20.2 Å². The highest BCUT2D eigenvalue weighted by molar-refractivity contribution is 6.33. The van der Waals surface area contributed by atoms with E-state index in [0.29, 0.717) is 22.3 Å². The van der Waals surface area contributed by atoms with Crippen molar-refractivity contribution in [1.29, 1.82) is 0 Å². The van der Waals surface area contributed by atoms with Gasteiger partial charge in [-0.05, 0) is 29.8 Å². The summed E-state index contributed by atoms with van der Waals surface area (Å²) in [5.41, 5.74) is 1.60. The number of aromatic nitrogens is 4. The monoisotopic (exact) mass is 282 g/mol. The minimum Gasteiger partial charge on any atom is -0.261 e. The van der Waals surface area contributed by atoms with Crippen LogP contribution in [0.3, 0.4) is 0 Å². The third kappa shape index (κ3) is 1.81. The van der Waals surface area contributed by atoms with Crippen molar-refractivity contribution in [2.24, 2.45) is 0 Å². The van der Waals surface area contributed by atoms with Crippen molar-refractivity contribution in [3.63, 3.8) is 0 Å². The molecule has 18 heavy (non-hydrogen) atoms. The van der Waals surface area contributed by atoms with E-state index in [-0.39, 0.29) is 10.3 Å². The molecule has 0 amide bonds. The van der Waals surface area contributed by atoms with Gasteiger partial charge in [-0.3, -0.25) is 5.10 Å². The van der Waals surface area contributed by atoms with Crippen LogP contribution in [0.5, 0.6) is 0 Å². The summed E-state index contributed by atoms with van der Waals surface area (Å²) < 4.78 is 13.0. The summed E-state index contributed by atoms with van der Waals surface area (Å²) in [6.07, 6.45) is 1.57. The molecule has 90 valence electrons. The SMILES string of the molecule is Fc1ccc(-c2nc(Cl)nc3[nH]ncc23)c(Cl)c1. The molecule has 2 aromatic heterocycles. The molecule has 7 heteroatoms. The van der Waals surface area contributed by atoms with E-state index in [9.17, 15) is 4.39 Å². The lowest BCUT2D eigenvalue weighted by Gasteiger charge is -2.05. The number of H-pyrrole nitrogens is 1. The molecule has 0 fully saturated rings. The Morgan fingerprint density at radius 3 is 2.78 bits per heavy atom. The van der Waals surface area contributed by atoms with Gasteiger partial charge in [0, 0.05) is 5.56 Å². The average molecular weight is 283 g/mol. The standard InChI is InChI=1S/C11H5Cl2FN4/c12-8-3-5(14)1-2-6(8)9-7-4-15-18-10(7)17-11(13)16-9/h1-4H,(H,15,16,17,18). The topological polar surface area (TPSA) is 54.5 Å². The molecule has 3 aromatic rings. The van der Waals surface area contributed by atoms with Crippen molar-refractivity contribution in [1.82, 2.24) is 20.2 Å². The second-order valence-corrected chi connectivity index (χ2v) is 4.34. The molecule has 4 nitrogen and oxygen atoms in total. The van der Waals surface area contributed by atoms with Crippen LogP contribution in [0.1, 0.15) is 0 Å². The van der Waals surface area contributed by atoms with Gasteiger partial charge < -0.3 is 0 Å². The van der Waals surface area contributed by atoms with Crippen LogP contribution in [-0.2, 0) is 0 Å². The maximum absolute atomic E-state index is 13.0. The Kier molecular flexibility index (Phi) is 2.65. The van der Waals surface area contributed by atoms with Gasteiger partial charge >= 0.3 is 0 Å². The van der Waals surface area contributed by atoms with E-state index in [1.165, 1.54) is 12.1 Å². The predicted molar refractivity (Wildman–Crippen MR) is 67.1 cm³/mol. The number of halogens is 3. The van der Waals surface area contributed by atoms with Gasteiger partial charge in [0.2, 0.25) is 5.28 Å². The molecule has 3 rings (SSSR count). The van der Waals surface area contributed by atoms with Gasteiger partial charge in [-0.15, -0.1) is 0 Å². The van der Waals surface area contributed by atoms with Crippen LogP contribution in [0, 0.1) is 5.82 Å². The largest absolute Gasteiger partial charge is 0.261 e. The lowest BCUT2D eigenvalue weighted by atomic mass is 10.1. The molecule has 0 unspecified atom stereocenters. The molecule has 2 heterocycles. The maximum atomic E-state index is 13.0. The van der Waals surface area contributed by atoms with Gasteiger partial charge in [-0.1, -0.05) is 11.6 Å². The van der Waals surface area contributed by atoms with E-state index in [4.69, 9.17) is 23.2 Å². The summed E-state index contributed by atoms with van der Waals surface area (Å²) in [4.78, 5) is 8.11. The lowest BCUT2D eigenvalue weighted by molar-refractivity contribution is 0.628.